The third-order valence-corrected chi connectivity index (χ3v) is 4.81. The number of hydrogen-bond donors (Lipinski definition) is 0. The number of carbonyl (C=O) groups is 1. The molecule has 0 aliphatic heterocycles. The number of halogens is 1. The van der Waals surface area contributed by atoms with Crippen LogP contribution in [0.2, 0.25) is 5.02 Å². The summed E-state index contributed by atoms with van der Waals surface area (Å²) >= 11 is 7.35. The van der Waals surface area contributed by atoms with E-state index in [4.69, 9.17) is 11.6 Å². The lowest BCUT2D eigenvalue weighted by molar-refractivity contribution is 0.0740. The molecule has 5 nitrogen and oxygen atoms in total. The molecule has 23 heavy (non-hydrogen) atoms. The highest BCUT2D eigenvalue weighted by Crippen LogP contribution is 2.22. The van der Waals surface area contributed by atoms with Crippen molar-refractivity contribution >= 4 is 33.8 Å². The second kappa shape index (κ2) is 6.14. The number of aromatic nitrogens is 2. The second-order valence-corrected chi connectivity index (χ2v) is 6.49. The predicted octanol–water partition coefficient (Wildman–Crippen LogP) is 3.24. The average Bonchev–Trinajstić information content (AvgIpc) is 3.03. The van der Waals surface area contributed by atoms with Gasteiger partial charge >= 0.3 is 0 Å². The zero-order chi connectivity index (χ0) is 16.6. The van der Waals surface area contributed by atoms with Gasteiger partial charge in [-0.05, 0) is 24.6 Å². The maximum absolute atomic E-state index is 12.7. The number of carbonyl (C=O) groups excluding carboxylic acids is 1. The van der Waals surface area contributed by atoms with E-state index in [1.54, 1.807) is 24.7 Å². The second-order valence-electron chi connectivity index (χ2n) is 5.18. The molecular formula is C16H14ClN3O2S. The van der Waals surface area contributed by atoms with Crippen molar-refractivity contribution in [2.45, 2.75) is 13.0 Å². The van der Waals surface area contributed by atoms with Crippen LogP contribution < -0.4 is 5.56 Å². The molecule has 1 amide bonds. The molecular weight excluding hydrogens is 334 g/mol. The van der Waals surface area contributed by atoms with Crippen LogP contribution in [0.15, 0.2) is 46.8 Å². The summed E-state index contributed by atoms with van der Waals surface area (Å²) in [6.07, 6.45) is 2.96. The van der Waals surface area contributed by atoms with E-state index in [0.717, 1.165) is 5.56 Å². The Kier molecular flexibility index (Phi) is 4.19. The van der Waals surface area contributed by atoms with Crippen LogP contribution in [-0.2, 0) is 0 Å². The Morgan fingerprint density at radius 2 is 2.22 bits per heavy atom. The first-order valence-corrected chi connectivity index (χ1v) is 8.22. The minimum atomic E-state index is -0.365. The standard InChI is InChI=1S/C16H14ClN3O2S/c1-10(11-4-3-5-12(17)8-11)19(2)14(21)13-9-18-16-20(15(13)22)6-7-23-16/h3-10H,1-2H3. The van der Waals surface area contributed by atoms with Crippen LogP contribution in [0.5, 0.6) is 0 Å². The smallest absolute Gasteiger partial charge is 0.271 e. The maximum atomic E-state index is 12.7. The lowest BCUT2D eigenvalue weighted by Crippen LogP contribution is -2.34. The van der Waals surface area contributed by atoms with Gasteiger partial charge in [-0.2, -0.15) is 0 Å². The summed E-state index contributed by atoms with van der Waals surface area (Å²) < 4.78 is 1.38. The highest BCUT2D eigenvalue weighted by Gasteiger charge is 2.22. The molecule has 1 aromatic carbocycles. The highest BCUT2D eigenvalue weighted by molar-refractivity contribution is 7.15. The minimum Gasteiger partial charge on any atom is -0.335 e. The molecule has 7 heteroatoms. The molecule has 2 aromatic heterocycles. The van der Waals surface area contributed by atoms with E-state index < -0.39 is 0 Å². The van der Waals surface area contributed by atoms with Crippen LogP contribution in [0.25, 0.3) is 4.96 Å². The molecule has 0 aliphatic carbocycles. The van der Waals surface area contributed by atoms with Crippen molar-refractivity contribution in [3.05, 3.63) is 68.5 Å². The Hall–Kier alpha value is -2.18. The third-order valence-electron chi connectivity index (χ3n) is 3.81. The normalized spacial score (nSPS) is 12.3. The number of hydrogen-bond acceptors (Lipinski definition) is 4. The van der Waals surface area contributed by atoms with E-state index in [1.165, 1.54) is 26.8 Å². The van der Waals surface area contributed by atoms with Crippen LogP contribution in [0.4, 0.5) is 0 Å². The number of rotatable bonds is 3. The highest BCUT2D eigenvalue weighted by atomic mass is 35.5. The third kappa shape index (κ3) is 2.87. The lowest BCUT2D eigenvalue weighted by atomic mass is 10.1. The van der Waals surface area contributed by atoms with Crippen molar-refractivity contribution in [2.24, 2.45) is 0 Å². The van der Waals surface area contributed by atoms with Gasteiger partial charge in [-0.25, -0.2) is 4.98 Å². The summed E-state index contributed by atoms with van der Waals surface area (Å²) in [5, 5.41) is 2.37. The van der Waals surface area contributed by atoms with Crippen LogP contribution in [0.3, 0.4) is 0 Å². The van der Waals surface area contributed by atoms with Gasteiger partial charge in [0.1, 0.15) is 5.56 Å². The molecule has 3 rings (SSSR count). The Morgan fingerprint density at radius 1 is 1.43 bits per heavy atom. The van der Waals surface area contributed by atoms with E-state index in [1.807, 2.05) is 25.1 Å². The fraction of sp³-hybridized carbons (Fsp3) is 0.188. The summed E-state index contributed by atoms with van der Waals surface area (Å²) in [4.78, 5) is 31.3. The van der Waals surface area contributed by atoms with Crippen molar-refractivity contribution in [2.75, 3.05) is 7.05 Å². The van der Waals surface area contributed by atoms with Crippen LogP contribution in [0, 0.1) is 0 Å². The van der Waals surface area contributed by atoms with Crippen LogP contribution in [0.1, 0.15) is 28.9 Å². The number of thiazole rings is 1. The van der Waals surface area contributed by atoms with E-state index >= 15 is 0 Å². The molecule has 0 saturated heterocycles. The molecule has 0 N–H and O–H groups in total. The topological polar surface area (TPSA) is 54.7 Å². The molecule has 0 aliphatic rings. The zero-order valence-corrected chi connectivity index (χ0v) is 14.1. The summed E-state index contributed by atoms with van der Waals surface area (Å²) in [5.41, 5.74) is 0.599. The average molecular weight is 348 g/mol. The van der Waals surface area contributed by atoms with Crippen molar-refractivity contribution in [3.8, 4) is 0 Å². The Labute approximate surface area is 141 Å². The van der Waals surface area contributed by atoms with Crippen LogP contribution in [-0.4, -0.2) is 27.2 Å². The van der Waals surface area contributed by atoms with Gasteiger partial charge in [-0.15, -0.1) is 11.3 Å². The molecule has 0 radical (unpaired) electrons. The first-order valence-electron chi connectivity index (χ1n) is 6.96. The zero-order valence-electron chi connectivity index (χ0n) is 12.6. The first-order chi connectivity index (χ1) is 11.0. The maximum Gasteiger partial charge on any atom is 0.271 e. The lowest BCUT2D eigenvalue weighted by Gasteiger charge is -2.25. The van der Waals surface area contributed by atoms with Gasteiger partial charge in [-0.3, -0.25) is 14.0 Å². The Bertz CT molecular complexity index is 934. The molecule has 0 bridgehead atoms. The molecule has 3 aromatic rings. The van der Waals surface area contributed by atoms with Gasteiger partial charge in [0.2, 0.25) is 0 Å². The Balaban J connectivity index is 1.94. The monoisotopic (exact) mass is 347 g/mol. The van der Waals surface area contributed by atoms with Crippen molar-refractivity contribution in [3.63, 3.8) is 0 Å². The summed E-state index contributed by atoms with van der Waals surface area (Å²) in [6.45, 7) is 1.89. The van der Waals surface area contributed by atoms with Gasteiger partial charge in [-0.1, -0.05) is 23.7 Å². The molecule has 1 atom stereocenters. The number of nitrogens with zero attached hydrogens (tertiary/aromatic N) is 3. The summed E-state index contributed by atoms with van der Waals surface area (Å²) in [6, 6.07) is 7.10. The molecule has 2 heterocycles. The summed E-state index contributed by atoms with van der Waals surface area (Å²) in [7, 11) is 1.66. The largest absolute Gasteiger partial charge is 0.335 e. The minimum absolute atomic E-state index is 0.0530. The van der Waals surface area contributed by atoms with Crippen molar-refractivity contribution in [1.29, 1.82) is 0 Å². The van der Waals surface area contributed by atoms with E-state index in [9.17, 15) is 9.59 Å². The van der Waals surface area contributed by atoms with Crippen molar-refractivity contribution in [1.82, 2.24) is 14.3 Å². The number of amides is 1. The van der Waals surface area contributed by atoms with Crippen LogP contribution >= 0.6 is 22.9 Å². The number of benzene rings is 1. The summed E-state index contributed by atoms with van der Waals surface area (Å²) in [5.74, 6) is -0.365. The molecule has 1 unspecified atom stereocenters. The van der Waals surface area contributed by atoms with E-state index in [0.29, 0.717) is 9.98 Å². The number of fused-ring (bicyclic) bond motifs is 1. The van der Waals surface area contributed by atoms with Gasteiger partial charge in [0.25, 0.3) is 11.5 Å². The molecule has 0 spiro atoms. The quantitative estimate of drug-likeness (QED) is 0.730. The van der Waals surface area contributed by atoms with Gasteiger partial charge in [0.05, 0.1) is 6.04 Å². The van der Waals surface area contributed by atoms with Crippen molar-refractivity contribution < 1.29 is 4.79 Å². The Morgan fingerprint density at radius 3 is 2.96 bits per heavy atom. The van der Waals surface area contributed by atoms with Gasteiger partial charge in [0, 0.05) is 29.8 Å². The molecule has 0 fully saturated rings. The first kappa shape index (κ1) is 15.7. The van der Waals surface area contributed by atoms with E-state index in [2.05, 4.69) is 4.98 Å². The SMILES string of the molecule is CC(c1cccc(Cl)c1)N(C)C(=O)c1cnc2sccn2c1=O. The van der Waals surface area contributed by atoms with Gasteiger partial charge in [0.15, 0.2) is 4.96 Å². The molecule has 0 saturated carbocycles. The van der Waals surface area contributed by atoms with Gasteiger partial charge < -0.3 is 4.90 Å². The fourth-order valence-corrected chi connectivity index (χ4v) is 3.20. The fourth-order valence-electron chi connectivity index (χ4n) is 2.33. The predicted molar refractivity (Wildman–Crippen MR) is 91.3 cm³/mol. The molecule has 118 valence electrons. The van der Waals surface area contributed by atoms with E-state index in [-0.39, 0.29) is 23.1 Å².